The molecule has 24 heavy (non-hydrogen) atoms. The van der Waals surface area contributed by atoms with Gasteiger partial charge in [-0.05, 0) is 55.4 Å². The largest absolute Gasteiger partial charge is 0.395 e. The predicted molar refractivity (Wildman–Crippen MR) is 95.8 cm³/mol. The van der Waals surface area contributed by atoms with Gasteiger partial charge in [-0.1, -0.05) is 36.8 Å². The lowest BCUT2D eigenvalue weighted by Gasteiger charge is -2.24. The van der Waals surface area contributed by atoms with E-state index in [1.54, 1.807) is 4.90 Å². The Bertz CT molecular complexity index is 520. The summed E-state index contributed by atoms with van der Waals surface area (Å²) in [6, 6.07) is 10.1. The fourth-order valence-electron chi connectivity index (χ4n) is 4.55. The van der Waals surface area contributed by atoms with Crippen molar-refractivity contribution in [3.63, 3.8) is 0 Å². The van der Waals surface area contributed by atoms with Gasteiger partial charge in [-0.15, -0.1) is 0 Å². The van der Waals surface area contributed by atoms with Gasteiger partial charge < -0.3 is 15.3 Å². The first-order valence-corrected chi connectivity index (χ1v) is 9.44. The van der Waals surface area contributed by atoms with E-state index in [-0.39, 0.29) is 12.6 Å². The first-order valence-electron chi connectivity index (χ1n) is 9.44. The number of rotatable bonds is 8. The molecule has 2 bridgehead atoms. The van der Waals surface area contributed by atoms with Crippen molar-refractivity contribution in [2.24, 2.45) is 17.8 Å². The minimum absolute atomic E-state index is 0.00852. The zero-order chi connectivity index (χ0) is 16.8. The van der Waals surface area contributed by atoms with Gasteiger partial charge in [0.2, 0.25) is 0 Å². The van der Waals surface area contributed by atoms with E-state index in [0.717, 1.165) is 37.1 Å². The summed E-state index contributed by atoms with van der Waals surface area (Å²) in [5, 5.41) is 12.3. The average molecular weight is 330 g/mol. The molecule has 0 radical (unpaired) electrons. The quantitative estimate of drug-likeness (QED) is 0.770. The van der Waals surface area contributed by atoms with Crippen molar-refractivity contribution in [3.05, 3.63) is 35.9 Å². The molecule has 0 saturated heterocycles. The Kier molecular flexibility index (Phi) is 6.13. The van der Waals surface area contributed by atoms with Crippen LogP contribution in [0.2, 0.25) is 0 Å². The number of carbonyl (C=O) groups is 1. The van der Waals surface area contributed by atoms with Gasteiger partial charge in [0.15, 0.2) is 0 Å². The second-order valence-electron chi connectivity index (χ2n) is 7.40. The van der Waals surface area contributed by atoms with Crippen LogP contribution in [0.5, 0.6) is 0 Å². The number of aliphatic hydroxyl groups is 1. The van der Waals surface area contributed by atoms with Gasteiger partial charge in [0, 0.05) is 19.6 Å². The molecule has 4 heteroatoms. The highest BCUT2D eigenvalue weighted by Crippen LogP contribution is 2.49. The van der Waals surface area contributed by atoms with E-state index in [1.165, 1.54) is 31.2 Å². The lowest BCUT2D eigenvalue weighted by molar-refractivity contribution is 0.176. The zero-order valence-electron chi connectivity index (χ0n) is 14.5. The molecular weight excluding hydrogens is 300 g/mol. The number of carbonyl (C=O) groups excluding carboxylic acids is 1. The molecule has 2 fully saturated rings. The molecule has 0 spiro atoms. The van der Waals surface area contributed by atoms with Crippen molar-refractivity contribution in [3.8, 4) is 0 Å². The smallest absolute Gasteiger partial charge is 0.317 e. The molecule has 2 amide bonds. The number of urea groups is 1. The molecule has 132 valence electrons. The minimum atomic E-state index is -0.0388. The molecule has 0 aromatic heterocycles. The van der Waals surface area contributed by atoms with Gasteiger partial charge in [-0.25, -0.2) is 4.79 Å². The molecule has 0 heterocycles. The van der Waals surface area contributed by atoms with Crippen LogP contribution in [-0.4, -0.2) is 42.3 Å². The molecule has 3 atom stereocenters. The van der Waals surface area contributed by atoms with E-state index in [4.69, 9.17) is 0 Å². The molecule has 4 nitrogen and oxygen atoms in total. The third-order valence-corrected chi connectivity index (χ3v) is 5.85. The first kappa shape index (κ1) is 17.3. The van der Waals surface area contributed by atoms with E-state index in [9.17, 15) is 9.90 Å². The Morgan fingerprint density at radius 1 is 1.17 bits per heavy atom. The summed E-state index contributed by atoms with van der Waals surface area (Å²) in [5.74, 6) is 2.70. The number of fused-ring (bicyclic) bond motifs is 2. The van der Waals surface area contributed by atoms with Gasteiger partial charge in [0.05, 0.1) is 6.61 Å². The Morgan fingerprint density at radius 2 is 2.00 bits per heavy atom. The van der Waals surface area contributed by atoms with Gasteiger partial charge >= 0.3 is 6.03 Å². The van der Waals surface area contributed by atoms with Crippen LogP contribution in [0.3, 0.4) is 0 Å². The number of nitrogens with one attached hydrogen (secondary N) is 1. The summed E-state index contributed by atoms with van der Waals surface area (Å²) in [7, 11) is 0. The standard InChI is InChI=1S/C20H30N2O2/c23-13-12-22(11-9-16-4-2-1-3-5-16)20(24)21-10-8-19-15-17-6-7-18(19)14-17/h1-5,17-19,23H,6-15H2,(H,21,24). The Morgan fingerprint density at radius 3 is 2.67 bits per heavy atom. The Balaban J connectivity index is 1.40. The molecule has 1 aromatic carbocycles. The summed E-state index contributed by atoms with van der Waals surface area (Å²) < 4.78 is 0. The van der Waals surface area contributed by atoms with Crippen LogP contribution < -0.4 is 5.32 Å². The first-order chi connectivity index (χ1) is 11.8. The molecule has 2 saturated carbocycles. The van der Waals surface area contributed by atoms with Gasteiger partial charge in [-0.3, -0.25) is 0 Å². The summed E-state index contributed by atoms with van der Waals surface area (Å²) in [6.07, 6.45) is 7.55. The van der Waals surface area contributed by atoms with Crippen LogP contribution in [0, 0.1) is 17.8 Å². The van der Waals surface area contributed by atoms with Crippen LogP contribution in [-0.2, 0) is 6.42 Å². The highest BCUT2D eigenvalue weighted by Gasteiger charge is 2.38. The van der Waals surface area contributed by atoms with Crippen LogP contribution in [0.25, 0.3) is 0 Å². The third kappa shape index (κ3) is 4.50. The maximum Gasteiger partial charge on any atom is 0.317 e. The second kappa shape index (κ2) is 8.52. The topological polar surface area (TPSA) is 52.6 Å². The van der Waals surface area contributed by atoms with Crippen molar-refractivity contribution in [1.82, 2.24) is 10.2 Å². The monoisotopic (exact) mass is 330 g/mol. The number of hydrogen-bond donors (Lipinski definition) is 2. The number of hydrogen-bond acceptors (Lipinski definition) is 2. The van der Waals surface area contributed by atoms with Crippen LogP contribution in [0.1, 0.15) is 37.7 Å². The zero-order valence-corrected chi connectivity index (χ0v) is 14.5. The highest BCUT2D eigenvalue weighted by atomic mass is 16.3. The normalized spacial score (nSPS) is 25.0. The number of nitrogens with zero attached hydrogens (tertiary/aromatic N) is 1. The van der Waals surface area contributed by atoms with Crippen molar-refractivity contribution in [2.75, 3.05) is 26.2 Å². The highest BCUT2D eigenvalue weighted by molar-refractivity contribution is 5.74. The average Bonchev–Trinajstić information content (AvgIpc) is 3.22. The number of benzene rings is 1. The molecule has 2 N–H and O–H groups in total. The van der Waals surface area contributed by atoms with E-state index in [0.29, 0.717) is 13.1 Å². The maximum absolute atomic E-state index is 12.4. The van der Waals surface area contributed by atoms with Gasteiger partial charge in [0.1, 0.15) is 0 Å². The molecule has 2 aliphatic rings. The Labute approximate surface area is 145 Å². The van der Waals surface area contributed by atoms with Crippen LogP contribution in [0.4, 0.5) is 4.79 Å². The minimum Gasteiger partial charge on any atom is -0.395 e. The van der Waals surface area contributed by atoms with Crippen molar-refractivity contribution in [1.29, 1.82) is 0 Å². The van der Waals surface area contributed by atoms with Crippen molar-refractivity contribution >= 4 is 6.03 Å². The maximum atomic E-state index is 12.4. The SMILES string of the molecule is O=C(NCCC1CC2CCC1C2)N(CCO)CCc1ccccc1. The third-order valence-electron chi connectivity index (χ3n) is 5.85. The van der Waals surface area contributed by atoms with Crippen LogP contribution >= 0.6 is 0 Å². The summed E-state index contributed by atoms with van der Waals surface area (Å²) in [6.45, 7) is 1.81. The lowest BCUT2D eigenvalue weighted by Crippen LogP contribution is -2.43. The van der Waals surface area contributed by atoms with E-state index >= 15 is 0 Å². The van der Waals surface area contributed by atoms with Gasteiger partial charge in [0.25, 0.3) is 0 Å². The van der Waals surface area contributed by atoms with E-state index in [2.05, 4.69) is 17.4 Å². The second-order valence-corrected chi connectivity index (χ2v) is 7.40. The number of aliphatic hydroxyl groups excluding tert-OH is 1. The molecule has 0 aliphatic heterocycles. The molecule has 3 rings (SSSR count). The molecule has 3 unspecified atom stereocenters. The molecule has 2 aliphatic carbocycles. The summed E-state index contributed by atoms with van der Waals surface area (Å²) in [4.78, 5) is 14.1. The number of amides is 2. The molecular formula is C20H30N2O2. The van der Waals surface area contributed by atoms with Crippen LogP contribution in [0.15, 0.2) is 30.3 Å². The van der Waals surface area contributed by atoms with Crippen molar-refractivity contribution < 1.29 is 9.90 Å². The molecule has 1 aromatic rings. The summed E-state index contributed by atoms with van der Waals surface area (Å²) >= 11 is 0. The van der Waals surface area contributed by atoms with E-state index < -0.39 is 0 Å². The van der Waals surface area contributed by atoms with Gasteiger partial charge in [-0.2, -0.15) is 0 Å². The fourth-order valence-corrected chi connectivity index (χ4v) is 4.55. The Hall–Kier alpha value is -1.55. The lowest BCUT2D eigenvalue weighted by atomic mass is 9.86. The fraction of sp³-hybridized carbons (Fsp3) is 0.650. The van der Waals surface area contributed by atoms with E-state index in [1.807, 2.05) is 18.2 Å². The van der Waals surface area contributed by atoms with Crippen molar-refractivity contribution in [2.45, 2.75) is 38.5 Å². The predicted octanol–water partition coefficient (Wildman–Crippen LogP) is 3.06. The summed E-state index contributed by atoms with van der Waals surface area (Å²) in [5.41, 5.74) is 1.22.